The van der Waals surface area contributed by atoms with Crippen molar-refractivity contribution in [3.63, 3.8) is 0 Å². The highest BCUT2D eigenvalue weighted by Gasteiger charge is 2.20. The number of rotatable bonds is 2. The van der Waals surface area contributed by atoms with Crippen molar-refractivity contribution in [2.75, 3.05) is 0 Å². The Hall–Kier alpha value is -3.98. The van der Waals surface area contributed by atoms with Gasteiger partial charge in [0.2, 0.25) is 0 Å². The molecule has 0 radical (unpaired) electrons. The minimum atomic E-state index is 1.26. The molecule has 0 bridgehead atoms. The number of thiophene rings is 2. The molecular formula is C34H20S2. The monoisotopic (exact) mass is 492 g/mol. The maximum absolute atomic E-state index is 2.46. The zero-order valence-electron chi connectivity index (χ0n) is 19.4. The Kier molecular flexibility index (Phi) is 4.36. The van der Waals surface area contributed by atoms with Crippen molar-refractivity contribution >= 4 is 74.5 Å². The zero-order chi connectivity index (χ0) is 23.6. The van der Waals surface area contributed by atoms with Gasteiger partial charge in [0.05, 0.1) is 9.40 Å². The summed E-state index contributed by atoms with van der Waals surface area (Å²) in [6.07, 6.45) is 0. The Labute approximate surface area is 216 Å². The Balaban J connectivity index is 1.60. The molecule has 2 heterocycles. The molecule has 8 aromatic rings. The summed E-state index contributed by atoms with van der Waals surface area (Å²) in [5.41, 5.74) is 5.24. The molecule has 0 amide bonds. The van der Waals surface area contributed by atoms with E-state index in [0.29, 0.717) is 0 Å². The molecule has 0 aliphatic rings. The molecule has 0 saturated heterocycles. The Morgan fingerprint density at radius 1 is 0.417 bits per heavy atom. The van der Waals surface area contributed by atoms with E-state index in [9.17, 15) is 0 Å². The Bertz CT molecular complexity index is 2030. The lowest BCUT2D eigenvalue weighted by atomic mass is 9.85. The first-order valence-corrected chi connectivity index (χ1v) is 13.9. The predicted molar refractivity (Wildman–Crippen MR) is 161 cm³/mol. The fourth-order valence-electron chi connectivity index (χ4n) is 5.84. The van der Waals surface area contributed by atoms with Gasteiger partial charge in [0.1, 0.15) is 0 Å². The van der Waals surface area contributed by atoms with Crippen molar-refractivity contribution in [1.29, 1.82) is 0 Å². The number of hydrogen-bond donors (Lipinski definition) is 0. The smallest absolute Gasteiger partial charge is 0.0534 e. The third-order valence-corrected chi connectivity index (χ3v) is 9.61. The van der Waals surface area contributed by atoms with Gasteiger partial charge >= 0.3 is 0 Å². The van der Waals surface area contributed by atoms with Crippen LogP contribution in [0.3, 0.4) is 0 Å². The van der Waals surface area contributed by atoms with Crippen LogP contribution in [0.15, 0.2) is 121 Å². The van der Waals surface area contributed by atoms with Crippen LogP contribution in [-0.4, -0.2) is 0 Å². The fraction of sp³-hybridized carbons (Fsp3) is 0. The summed E-state index contributed by atoms with van der Waals surface area (Å²) < 4.78 is 4.15. The second-order valence-electron chi connectivity index (χ2n) is 9.27. The molecule has 2 aromatic heterocycles. The van der Waals surface area contributed by atoms with Gasteiger partial charge < -0.3 is 0 Å². The van der Waals surface area contributed by atoms with Crippen molar-refractivity contribution in [3.05, 3.63) is 121 Å². The van der Waals surface area contributed by atoms with Crippen molar-refractivity contribution in [1.82, 2.24) is 0 Å². The molecule has 0 saturated carbocycles. The molecule has 36 heavy (non-hydrogen) atoms. The molecule has 0 aliphatic heterocycles. The highest BCUT2D eigenvalue weighted by Crippen LogP contribution is 2.49. The maximum Gasteiger partial charge on any atom is 0.0534 e. The topological polar surface area (TPSA) is 0 Å². The zero-order valence-corrected chi connectivity index (χ0v) is 21.0. The van der Waals surface area contributed by atoms with E-state index in [0.717, 1.165) is 0 Å². The summed E-state index contributed by atoms with van der Waals surface area (Å²) in [6, 6.07) is 42.3. The van der Waals surface area contributed by atoms with Gasteiger partial charge in [-0.25, -0.2) is 0 Å². The average molecular weight is 493 g/mol. The Morgan fingerprint density at radius 3 is 1.69 bits per heavy atom. The first kappa shape index (κ1) is 20.2. The van der Waals surface area contributed by atoms with Gasteiger partial charge in [0.15, 0.2) is 0 Å². The van der Waals surface area contributed by atoms with Crippen LogP contribution >= 0.6 is 22.7 Å². The molecule has 0 N–H and O–H groups in total. The van der Waals surface area contributed by atoms with Gasteiger partial charge in [-0.1, -0.05) is 97.1 Å². The van der Waals surface area contributed by atoms with E-state index in [1.165, 1.54) is 74.1 Å². The van der Waals surface area contributed by atoms with E-state index in [1.807, 2.05) is 22.7 Å². The first-order valence-electron chi connectivity index (χ1n) is 12.2. The summed E-state index contributed by atoms with van der Waals surface area (Å²) in [5.74, 6) is 0. The van der Waals surface area contributed by atoms with Crippen LogP contribution in [0.25, 0.3) is 74.1 Å². The third-order valence-electron chi connectivity index (χ3n) is 7.35. The molecule has 0 fully saturated rings. The van der Waals surface area contributed by atoms with Gasteiger partial charge in [0, 0.05) is 20.9 Å². The van der Waals surface area contributed by atoms with Crippen LogP contribution < -0.4 is 0 Å². The number of benzene rings is 6. The average Bonchev–Trinajstić information content (AvgIpc) is 3.57. The molecule has 8 rings (SSSR count). The molecule has 0 aliphatic carbocycles. The van der Waals surface area contributed by atoms with E-state index in [2.05, 4.69) is 121 Å². The highest BCUT2D eigenvalue weighted by molar-refractivity contribution is 7.30. The Morgan fingerprint density at radius 2 is 1.00 bits per heavy atom. The van der Waals surface area contributed by atoms with Crippen LogP contribution in [0.2, 0.25) is 0 Å². The predicted octanol–water partition coefficient (Wildman–Crippen LogP) is 10.9. The van der Waals surface area contributed by atoms with E-state index in [1.54, 1.807) is 0 Å². The summed E-state index contributed by atoms with van der Waals surface area (Å²) >= 11 is 3.78. The third kappa shape index (κ3) is 2.80. The van der Waals surface area contributed by atoms with Crippen molar-refractivity contribution < 1.29 is 0 Å². The molecule has 0 unspecified atom stereocenters. The fourth-order valence-corrected chi connectivity index (χ4v) is 8.11. The molecule has 0 atom stereocenters. The lowest BCUT2D eigenvalue weighted by Gasteiger charge is -2.18. The van der Waals surface area contributed by atoms with Crippen LogP contribution in [0.5, 0.6) is 0 Å². The first-order chi connectivity index (χ1) is 17.9. The van der Waals surface area contributed by atoms with Crippen LogP contribution in [0.4, 0.5) is 0 Å². The van der Waals surface area contributed by atoms with E-state index in [4.69, 9.17) is 0 Å². The largest absolute Gasteiger partial charge is 0.142 e. The lowest BCUT2D eigenvalue weighted by Crippen LogP contribution is -1.91. The van der Waals surface area contributed by atoms with Crippen LogP contribution in [-0.2, 0) is 0 Å². The van der Waals surface area contributed by atoms with Gasteiger partial charge in [0.25, 0.3) is 0 Å². The standard InChI is InChI=1S/C34H20S2/c1-2-10-21(11-3-1)31-23-13-4-6-15-25(23)32(26-16-7-5-14-24(26)31)28-20-29-22-12-8-9-17-30(22)36-34(29)33-27(28)18-19-35-33/h1-20H. The quantitative estimate of drug-likeness (QED) is 0.211. The van der Waals surface area contributed by atoms with Gasteiger partial charge in [-0.15, -0.1) is 22.7 Å². The summed E-state index contributed by atoms with van der Waals surface area (Å²) in [4.78, 5) is 0. The van der Waals surface area contributed by atoms with Gasteiger partial charge in [-0.3, -0.25) is 0 Å². The normalized spacial score (nSPS) is 11.9. The van der Waals surface area contributed by atoms with Gasteiger partial charge in [-0.2, -0.15) is 0 Å². The molecule has 0 nitrogen and oxygen atoms in total. The van der Waals surface area contributed by atoms with Gasteiger partial charge in [-0.05, 0) is 67.4 Å². The maximum atomic E-state index is 2.46. The van der Waals surface area contributed by atoms with Crippen molar-refractivity contribution in [2.45, 2.75) is 0 Å². The minimum Gasteiger partial charge on any atom is -0.142 e. The highest BCUT2D eigenvalue weighted by atomic mass is 32.1. The van der Waals surface area contributed by atoms with Crippen LogP contribution in [0.1, 0.15) is 0 Å². The summed E-state index contributed by atoms with van der Waals surface area (Å²) in [5, 5.41) is 11.5. The minimum absolute atomic E-state index is 1.26. The second-order valence-corrected chi connectivity index (χ2v) is 11.2. The van der Waals surface area contributed by atoms with E-state index in [-0.39, 0.29) is 0 Å². The second kappa shape index (κ2) is 7.76. The number of hydrogen-bond acceptors (Lipinski definition) is 2. The van der Waals surface area contributed by atoms with Crippen molar-refractivity contribution in [2.24, 2.45) is 0 Å². The van der Waals surface area contributed by atoms with Crippen molar-refractivity contribution in [3.8, 4) is 22.3 Å². The SMILES string of the molecule is c1ccc(-c2c3ccccc3c(-c3cc4c5ccccc5sc4c4sccc34)c3ccccc23)cc1. The van der Waals surface area contributed by atoms with Crippen LogP contribution in [0, 0.1) is 0 Å². The number of fused-ring (bicyclic) bond motifs is 7. The van der Waals surface area contributed by atoms with E-state index >= 15 is 0 Å². The van der Waals surface area contributed by atoms with E-state index < -0.39 is 0 Å². The molecular weight excluding hydrogens is 473 g/mol. The summed E-state index contributed by atoms with van der Waals surface area (Å²) in [7, 11) is 0. The lowest BCUT2D eigenvalue weighted by molar-refractivity contribution is 1.67. The molecule has 6 aromatic carbocycles. The summed E-state index contributed by atoms with van der Waals surface area (Å²) in [6.45, 7) is 0. The molecule has 0 spiro atoms. The molecule has 168 valence electrons. The molecule has 2 heteroatoms.